The van der Waals surface area contributed by atoms with Crippen molar-refractivity contribution in [3.63, 3.8) is 0 Å². The molecule has 29 heavy (non-hydrogen) atoms. The summed E-state index contributed by atoms with van der Waals surface area (Å²) in [6.45, 7) is 7.64. The maximum atomic E-state index is 12.9. The summed E-state index contributed by atoms with van der Waals surface area (Å²) in [5.74, 6) is 0.147. The van der Waals surface area contributed by atoms with Gasteiger partial charge >= 0.3 is 0 Å². The van der Waals surface area contributed by atoms with Crippen molar-refractivity contribution in [3.8, 4) is 0 Å². The Hall–Kier alpha value is -2.50. The van der Waals surface area contributed by atoms with Gasteiger partial charge in [-0.2, -0.15) is 5.10 Å². The molecule has 152 valence electrons. The molecule has 1 aliphatic heterocycles. The lowest BCUT2D eigenvalue weighted by atomic mass is 10.0. The molecule has 1 fully saturated rings. The molecule has 0 N–H and O–H groups in total. The van der Waals surface area contributed by atoms with E-state index in [2.05, 4.69) is 48.1 Å². The fraction of sp³-hybridized carbons (Fsp3) is 0.417. The van der Waals surface area contributed by atoms with E-state index in [-0.39, 0.29) is 17.9 Å². The average Bonchev–Trinajstić information content (AvgIpc) is 3.18. The second kappa shape index (κ2) is 8.89. The molecule has 2 heterocycles. The topological polar surface area (TPSA) is 47.4 Å². The van der Waals surface area contributed by atoms with Crippen LogP contribution in [0.4, 0.5) is 0 Å². The molecule has 1 aromatic heterocycles. The van der Waals surface area contributed by atoms with Crippen LogP contribution in [-0.4, -0.2) is 46.3 Å². The average molecular weight is 392 g/mol. The van der Waals surface area contributed by atoms with Gasteiger partial charge in [0.25, 0.3) is 0 Å². The zero-order chi connectivity index (χ0) is 20.2. The van der Waals surface area contributed by atoms with Gasteiger partial charge in [-0.3, -0.25) is 14.4 Å². The predicted octanol–water partition coefficient (Wildman–Crippen LogP) is 4.48. The summed E-state index contributed by atoms with van der Waals surface area (Å²) in [6.07, 6.45) is 3.34. The molecule has 0 aliphatic carbocycles. The highest BCUT2D eigenvalue weighted by Crippen LogP contribution is 2.22. The number of ether oxygens (including phenoxy) is 1. The standard InChI is InChI=1S/C24H29N3O2/c1-18(2)27-16-20-9-6-10-22(24(20)25-27)23(28)12-11-21-17-26(13-14-29-21)15-19-7-4-3-5-8-19/h3-10,16,18,21H,11-15,17H2,1-2H3. The van der Waals surface area contributed by atoms with E-state index < -0.39 is 0 Å². The first-order valence-electron chi connectivity index (χ1n) is 10.5. The van der Waals surface area contributed by atoms with Crippen molar-refractivity contribution in [2.45, 2.75) is 45.4 Å². The van der Waals surface area contributed by atoms with E-state index in [1.807, 2.05) is 35.1 Å². The van der Waals surface area contributed by atoms with Crippen molar-refractivity contribution in [2.24, 2.45) is 0 Å². The summed E-state index contributed by atoms with van der Waals surface area (Å²) >= 11 is 0. The van der Waals surface area contributed by atoms with E-state index in [4.69, 9.17) is 4.74 Å². The summed E-state index contributed by atoms with van der Waals surface area (Å²) in [5, 5.41) is 5.66. The number of ketones is 1. The normalized spacial score (nSPS) is 17.8. The fourth-order valence-corrected chi connectivity index (χ4v) is 3.92. The van der Waals surface area contributed by atoms with Crippen molar-refractivity contribution in [2.75, 3.05) is 19.7 Å². The monoisotopic (exact) mass is 391 g/mol. The summed E-state index contributed by atoms with van der Waals surface area (Å²) in [4.78, 5) is 15.4. The van der Waals surface area contributed by atoms with Crippen LogP contribution in [0.25, 0.3) is 10.9 Å². The van der Waals surface area contributed by atoms with Crippen molar-refractivity contribution >= 4 is 16.7 Å². The molecule has 0 amide bonds. The Bertz CT molecular complexity index is 965. The molecule has 0 radical (unpaired) electrons. The number of benzene rings is 2. The Morgan fingerprint density at radius 3 is 2.79 bits per heavy atom. The Balaban J connectivity index is 1.37. The molecular formula is C24H29N3O2. The summed E-state index contributed by atoms with van der Waals surface area (Å²) in [5.41, 5.74) is 2.84. The van der Waals surface area contributed by atoms with Crippen LogP contribution in [0.5, 0.6) is 0 Å². The molecule has 5 nitrogen and oxygen atoms in total. The highest BCUT2D eigenvalue weighted by atomic mass is 16.5. The van der Waals surface area contributed by atoms with Crippen LogP contribution >= 0.6 is 0 Å². The van der Waals surface area contributed by atoms with Gasteiger partial charge in [-0.1, -0.05) is 42.5 Å². The van der Waals surface area contributed by atoms with E-state index in [0.717, 1.165) is 49.1 Å². The van der Waals surface area contributed by atoms with Crippen LogP contribution < -0.4 is 0 Å². The molecule has 1 aliphatic rings. The van der Waals surface area contributed by atoms with Gasteiger partial charge in [-0.15, -0.1) is 0 Å². The number of hydrogen-bond acceptors (Lipinski definition) is 4. The van der Waals surface area contributed by atoms with Gasteiger partial charge in [0.1, 0.15) is 5.52 Å². The highest BCUT2D eigenvalue weighted by molar-refractivity contribution is 6.06. The molecule has 4 rings (SSSR count). The molecule has 5 heteroatoms. The molecule has 1 unspecified atom stereocenters. The summed E-state index contributed by atoms with van der Waals surface area (Å²) in [7, 11) is 0. The van der Waals surface area contributed by atoms with E-state index in [0.29, 0.717) is 6.42 Å². The number of fused-ring (bicyclic) bond motifs is 1. The minimum absolute atomic E-state index is 0.101. The Morgan fingerprint density at radius 1 is 1.17 bits per heavy atom. The summed E-state index contributed by atoms with van der Waals surface area (Å²) in [6, 6.07) is 16.6. The molecular weight excluding hydrogens is 362 g/mol. The lowest BCUT2D eigenvalue weighted by molar-refractivity contribution is -0.0348. The number of carbonyl (C=O) groups is 1. The predicted molar refractivity (Wildman–Crippen MR) is 115 cm³/mol. The number of morpholine rings is 1. The second-order valence-electron chi connectivity index (χ2n) is 8.12. The van der Waals surface area contributed by atoms with Gasteiger partial charge in [-0.05, 0) is 31.9 Å². The van der Waals surface area contributed by atoms with Crippen LogP contribution in [0.2, 0.25) is 0 Å². The van der Waals surface area contributed by atoms with Crippen LogP contribution in [0.15, 0.2) is 54.7 Å². The lowest BCUT2D eigenvalue weighted by Crippen LogP contribution is -2.42. The fourth-order valence-electron chi connectivity index (χ4n) is 3.92. The van der Waals surface area contributed by atoms with E-state index in [9.17, 15) is 4.79 Å². The Labute approximate surface area is 172 Å². The Morgan fingerprint density at radius 2 is 2.00 bits per heavy atom. The third kappa shape index (κ3) is 4.74. The van der Waals surface area contributed by atoms with Crippen LogP contribution in [0.3, 0.4) is 0 Å². The molecule has 3 aromatic rings. The smallest absolute Gasteiger partial charge is 0.165 e. The number of nitrogens with zero attached hydrogens (tertiary/aromatic N) is 3. The van der Waals surface area contributed by atoms with Gasteiger partial charge in [0.2, 0.25) is 0 Å². The van der Waals surface area contributed by atoms with Gasteiger partial charge < -0.3 is 4.74 Å². The van der Waals surface area contributed by atoms with Crippen molar-refractivity contribution in [3.05, 3.63) is 65.9 Å². The maximum Gasteiger partial charge on any atom is 0.165 e. The van der Waals surface area contributed by atoms with Crippen molar-refractivity contribution in [1.29, 1.82) is 0 Å². The number of hydrogen-bond donors (Lipinski definition) is 0. The molecule has 1 saturated heterocycles. The molecule has 0 saturated carbocycles. The van der Waals surface area contributed by atoms with Crippen LogP contribution in [0, 0.1) is 0 Å². The van der Waals surface area contributed by atoms with Gasteiger partial charge in [0, 0.05) is 49.2 Å². The third-order valence-electron chi connectivity index (χ3n) is 5.55. The van der Waals surface area contributed by atoms with E-state index >= 15 is 0 Å². The molecule has 0 bridgehead atoms. The first-order valence-corrected chi connectivity index (χ1v) is 10.5. The third-order valence-corrected chi connectivity index (χ3v) is 5.55. The van der Waals surface area contributed by atoms with Gasteiger partial charge in [-0.25, -0.2) is 0 Å². The Kier molecular flexibility index (Phi) is 6.07. The quantitative estimate of drug-likeness (QED) is 0.557. The minimum atomic E-state index is 0.101. The molecule has 0 spiro atoms. The SMILES string of the molecule is CC(C)n1cc2cccc(C(=O)CCC3CN(Cc4ccccc4)CCO3)c2n1. The highest BCUT2D eigenvalue weighted by Gasteiger charge is 2.22. The molecule has 1 atom stereocenters. The van der Waals surface area contributed by atoms with Gasteiger partial charge in [0.05, 0.1) is 12.7 Å². The number of Topliss-reactive ketones (excluding diaryl/α,β-unsaturated/α-hetero) is 1. The van der Waals surface area contributed by atoms with Crippen molar-refractivity contribution < 1.29 is 9.53 Å². The second-order valence-corrected chi connectivity index (χ2v) is 8.12. The number of rotatable bonds is 7. The zero-order valence-electron chi connectivity index (χ0n) is 17.3. The molecule has 2 aromatic carbocycles. The van der Waals surface area contributed by atoms with Crippen LogP contribution in [-0.2, 0) is 11.3 Å². The van der Waals surface area contributed by atoms with E-state index in [1.54, 1.807) is 0 Å². The number of aromatic nitrogens is 2. The van der Waals surface area contributed by atoms with E-state index in [1.165, 1.54) is 5.56 Å². The van der Waals surface area contributed by atoms with Crippen LogP contribution in [0.1, 0.15) is 48.7 Å². The lowest BCUT2D eigenvalue weighted by Gasteiger charge is -2.33. The maximum absolute atomic E-state index is 12.9. The summed E-state index contributed by atoms with van der Waals surface area (Å²) < 4.78 is 7.87. The largest absolute Gasteiger partial charge is 0.376 e. The first-order chi connectivity index (χ1) is 14.1. The first kappa shape index (κ1) is 19.8. The van der Waals surface area contributed by atoms with Crippen molar-refractivity contribution in [1.82, 2.24) is 14.7 Å². The minimum Gasteiger partial charge on any atom is -0.376 e. The zero-order valence-corrected chi connectivity index (χ0v) is 17.3. The van der Waals surface area contributed by atoms with Gasteiger partial charge in [0.15, 0.2) is 5.78 Å². The number of carbonyl (C=O) groups excluding carboxylic acids is 1.